The molecule has 0 aromatic heterocycles. The second-order valence-corrected chi connectivity index (χ2v) is 3.47. The van der Waals surface area contributed by atoms with Gasteiger partial charge in [0.25, 0.3) is 0 Å². The molecule has 1 fully saturated rings. The summed E-state index contributed by atoms with van der Waals surface area (Å²) < 4.78 is 10.6. The minimum absolute atomic E-state index is 0.256. The van der Waals surface area contributed by atoms with E-state index in [4.69, 9.17) is 9.47 Å². The molecule has 0 aliphatic carbocycles. The predicted octanol–water partition coefficient (Wildman–Crippen LogP) is 0.382. The Morgan fingerprint density at radius 2 is 2.60 bits per heavy atom. The molecular formula is C6H12INO2. The Hall–Kier alpha value is 0.610. The molecule has 0 spiro atoms. The standard InChI is InChI=1S/C6H12INO2/c1-9-4-5-6(7)10-3-2-8-5/h5-6,8H,2-4H2,1H3/t5-,6+/m1/s1. The molecule has 0 radical (unpaired) electrons. The molecule has 10 heavy (non-hydrogen) atoms. The van der Waals surface area contributed by atoms with Crippen LogP contribution in [0.1, 0.15) is 0 Å². The van der Waals surface area contributed by atoms with E-state index in [9.17, 15) is 0 Å². The third kappa shape index (κ3) is 2.34. The average molecular weight is 257 g/mol. The highest BCUT2D eigenvalue weighted by molar-refractivity contribution is 14.1. The number of rotatable bonds is 2. The molecule has 1 aliphatic heterocycles. The fourth-order valence-corrected chi connectivity index (χ4v) is 1.65. The van der Waals surface area contributed by atoms with E-state index in [0.717, 1.165) is 19.8 Å². The molecule has 0 saturated carbocycles. The number of methoxy groups -OCH3 is 1. The van der Waals surface area contributed by atoms with Crippen molar-refractivity contribution in [2.45, 2.75) is 10.2 Å². The zero-order chi connectivity index (χ0) is 7.40. The van der Waals surface area contributed by atoms with E-state index in [1.807, 2.05) is 0 Å². The first-order chi connectivity index (χ1) is 4.84. The highest BCUT2D eigenvalue weighted by Crippen LogP contribution is 2.11. The molecule has 2 atom stereocenters. The van der Waals surface area contributed by atoms with Gasteiger partial charge in [-0.2, -0.15) is 0 Å². The van der Waals surface area contributed by atoms with Gasteiger partial charge in [0, 0.05) is 13.7 Å². The van der Waals surface area contributed by atoms with E-state index in [1.54, 1.807) is 7.11 Å². The summed E-state index contributed by atoms with van der Waals surface area (Å²) in [6, 6.07) is 0.361. The third-order valence-electron chi connectivity index (χ3n) is 1.45. The SMILES string of the molecule is COC[C@H]1NCCO[C@@H]1I. The minimum atomic E-state index is 0.256. The largest absolute Gasteiger partial charge is 0.383 e. The number of ether oxygens (including phenoxy) is 2. The summed E-state index contributed by atoms with van der Waals surface area (Å²) in [6.45, 7) is 2.48. The van der Waals surface area contributed by atoms with Crippen LogP contribution in [-0.2, 0) is 9.47 Å². The molecule has 0 aromatic rings. The molecular weight excluding hydrogens is 245 g/mol. The first-order valence-electron chi connectivity index (χ1n) is 3.32. The van der Waals surface area contributed by atoms with Crippen molar-refractivity contribution in [1.82, 2.24) is 5.32 Å². The normalized spacial score (nSPS) is 34.2. The molecule has 1 rings (SSSR count). The highest BCUT2D eigenvalue weighted by atomic mass is 127. The summed E-state index contributed by atoms with van der Waals surface area (Å²) in [5, 5.41) is 3.31. The summed E-state index contributed by atoms with van der Waals surface area (Å²) >= 11 is 2.28. The van der Waals surface area contributed by atoms with E-state index in [-0.39, 0.29) is 4.11 Å². The molecule has 60 valence electrons. The number of nitrogens with one attached hydrogen (secondary N) is 1. The molecule has 0 amide bonds. The summed E-state index contributed by atoms with van der Waals surface area (Å²) in [5.41, 5.74) is 0. The van der Waals surface area contributed by atoms with Crippen molar-refractivity contribution in [3.05, 3.63) is 0 Å². The van der Waals surface area contributed by atoms with Crippen molar-refractivity contribution >= 4 is 22.6 Å². The third-order valence-corrected chi connectivity index (χ3v) is 2.68. The van der Waals surface area contributed by atoms with Gasteiger partial charge in [-0.3, -0.25) is 0 Å². The van der Waals surface area contributed by atoms with Gasteiger partial charge in [-0.15, -0.1) is 0 Å². The maximum Gasteiger partial charge on any atom is 0.126 e. The summed E-state index contributed by atoms with van der Waals surface area (Å²) in [7, 11) is 1.71. The van der Waals surface area contributed by atoms with E-state index >= 15 is 0 Å². The number of alkyl halides is 1. The fourth-order valence-electron chi connectivity index (χ4n) is 0.939. The van der Waals surface area contributed by atoms with Crippen molar-refractivity contribution in [3.63, 3.8) is 0 Å². The average Bonchev–Trinajstić information content (AvgIpc) is 1.94. The molecule has 1 aliphatic rings. The van der Waals surface area contributed by atoms with Crippen LogP contribution in [0.2, 0.25) is 0 Å². The molecule has 0 bridgehead atoms. The van der Waals surface area contributed by atoms with Crippen LogP contribution in [-0.4, -0.2) is 37.0 Å². The lowest BCUT2D eigenvalue weighted by Gasteiger charge is -2.28. The number of hydrogen-bond acceptors (Lipinski definition) is 3. The van der Waals surface area contributed by atoms with E-state index in [1.165, 1.54) is 0 Å². The maximum atomic E-state index is 5.39. The first kappa shape index (κ1) is 8.70. The lowest BCUT2D eigenvalue weighted by Crippen LogP contribution is -2.47. The molecule has 0 aromatic carbocycles. The Morgan fingerprint density at radius 1 is 1.80 bits per heavy atom. The van der Waals surface area contributed by atoms with Crippen molar-refractivity contribution in [2.75, 3.05) is 26.9 Å². The van der Waals surface area contributed by atoms with Crippen LogP contribution in [0.25, 0.3) is 0 Å². The monoisotopic (exact) mass is 257 g/mol. The summed E-state index contributed by atoms with van der Waals surface area (Å²) in [6.07, 6.45) is 0. The lowest BCUT2D eigenvalue weighted by atomic mass is 10.3. The van der Waals surface area contributed by atoms with Gasteiger partial charge in [0.15, 0.2) is 0 Å². The van der Waals surface area contributed by atoms with E-state index in [2.05, 4.69) is 27.9 Å². The van der Waals surface area contributed by atoms with Crippen molar-refractivity contribution < 1.29 is 9.47 Å². The number of halogens is 1. The number of hydrogen-bond donors (Lipinski definition) is 1. The number of morpholine rings is 1. The van der Waals surface area contributed by atoms with Gasteiger partial charge >= 0.3 is 0 Å². The second-order valence-electron chi connectivity index (χ2n) is 2.24. The van der Waals surface area contributed by atoms with Gasteiger partial charge in [0.2, 0.25) is 0 Å². The fraction of sp³-hybridized carbons (Fsp3) is 1.00. The first-order valence-corrected chi connectivity index (χ1v) is 4.57. The molecule has 1 heterocycles. The zero-order valence-electron chi connectivity index (χ0n) is 5.97. The van der Waals surface area contributed by atoms with Crippen LogP contribution in [0.15, 0.2) is 0 Å². The van der Waals surface area contributed by atoms with Crippen LogP contribution < -0.4 is 5.32 Å². The van der Waals surface area contributed by atoms with Crippen LogP contribution in [0.3, 0.4) is 0 Å². The van der Waals surface area contributed by atoms with Gasteiger partial charge in [-0.1, -0.05) is 0 Å². The van der Waals surface area contributed by atoms with Gasteiger partial charge < -0.3 is 14.8 Å². The Bertz CT molecular complexity index is 99.7. The molecule has 1 N–H and O–H groups in total. The zero-order valence-corrected chi connectivity index (χ0v) is 8.13. The predicted molar refractivity (Wildman–Crippen MR) is 47.4 cm³/mol. The van der Waals surface area contributed by atoms with Gasteiger partial charge in [0.1, 0.15) is 4.11 Å². The molecule has 4 heteroatoms. The van der Waals surface area contributed by atoms with Gasteiger partial charge in [0.05, 0.1) is 19.3 Å². The van der Waals surface area contributed by atoms with Crippen molar-refractivity contribution in [1.29, 1.82) is 0 Å². The van der Waals surface area contributed by atoms with Crippen molar-refractivity contribution in [2.24, 2.45) is 0 Å². The molecule has 0 unspecified atom stereocenters. The van der Waals surface area contributed by atoms with Crippen LogP contribution in [0.4, 0.5) is 0 Å². The topological polar surface area (TPSA) is 30.5 Å². The smallest absolute Gasteiger partial charge is 0.126 e. The quantitative estimate of drug-likeness (QED) is 0.573. The Labute approximate surface area is 74.6 Å². The van der Waals surface area contributed by atoms with Gasteiger partial charge in [-0.05, 0) is 22.6 Å². The Kier molecular flexibility index (Phi) is 3.90. The molecule has 3 nitrogen and oxygen atoms in total. The van der Waals surface area contributed by atoms with Crippen LogP contribution in [0.5, 0.6) is 0 Å². The van der Waals surface area contributed by atoms with Crippen LogP contribution in [0, 0.1) is 0 Å². The van der Waals surface area contributed by atoms with E-state index < -0.39 is 0 Å². The summed E-state index contributed by atoms with van der Waals surface area (Å²) in [4.78, 5) is 0. The van der Waals surface area contributed by atoms with Crippen molar-refractivity contribution in [3.8, 4) is 0 Å². The van der Waals surface area contributed by atoms with Crippen LogP contribution >= 0.6 is 22.6 Å². The maximum absolute atomic E-state index is 5.39. The summed E-state index contributed by atoms with van der Waals surface area (Å²) in [5.74, 6) is 0. The second kappa shape index (κ2) is 4.48. The van der Waals surface area contributed by atoms with Gasteiger partial charge in [-0.25, -0.2) is 0 Å². The lowest BCUT2D eigenvalue weighted by molar-refractivity contribution is 0.0320. The Morgan fingerprint density at radius 3 is 3.20 bits per heavy atom. The Balaban J connectivity index is 2.25. The molecule has 1 saturated heterocycles. The van der Waals surface area contributed by atoms with E-state index in [0.29, 0.717) is 6.04 Å². The minimum Gasteiger partial charge on any atom is -0.383 e. The highest BCUT2D eigenvalue weighted by Gasteiger charge is 2.21.